The Morgan fingerprint density at radius 1 is 1.33 bits per heavy atom. The minimum atomic E-state index is -0.633. The lowest BCUT2D eigenvalue weighted by molar-refractivity contribution is -0.288. The van der Waals surface area contributed by atoms with Gasteiger partial charge in [0, 0.05) is 24.2 Å². The lowest BCUT2D eigenvalue weighted by atomic mass is 9.77. The molecule has 4 heteroatoms. The molecule has 0 spiro atoms. The SMILES string of the molecule is CCC(=O)C(C)CCC(=O)C(C)(C)[C@@H]1CCOC(C)(C)O1. The molecule has 0 N–H and O–H groups in total. The molecule has 0 aromatic rings. The van der Waals surface area contributed by atoms with E-state index in [1.807, 2.05) is 41.5 Å². The third-order valence-corrected chi connectivity index (χ3v) is 4.48. The van der Waals surface area contributed by atoms with Crippen molar-refractivity contribution in [3.05, 3.63) is 0 Å². The molecule has 1 rings (SSSR count). The summed E-state index contributed by atoms with van der Waals surface area (Å²) in [6.45, 7) is 12.0. The van der Waals surface area contributed by atoms with Gasteiger partial charge in [-0.05, 0) is 26.7 Å². The van der Waals surface area contributed by atoms with Crippen molar-refractivity contribution in [2.75, 3.05) is 6.61 Å². The summed E-state index contributed by atoms with van der Waals surface area (Å²) in [7, 11) is 0. The number of rotatable bonds is 7. The summed E-state index contributed by atoms with van der Waals surface area (Å²) < 4.78 is 11.5. The Hall–Kier alpha value is -0.740. The standard InChI is InChI=1S/C17H30O4/c1-7-13(18)12(2)8-9-14(19)16(3,4)15-10-11-20-17(5,6)21-15/h12,15H,7-11H2,1-6H3/t12?,15-/m0/s1. The van der Waals surface area contributed by atoms with Crippen LogP contribution >= 0.6 is 0 Å². The van der Waals surface area contributed by atoms with Crippen LogP contribution in [0, 0.1) is 11.3 Å². The fraction of sp³-hybridized carbons (Fsp3) is 0.882. The number of ether oxygens (including phenoxy) is 2. The minimum absolute atomic E-state index is 0.0400. The second-order valence-corrected chi connectivity index (χ2v) is 7.05. The molecule has 1 fully saturated rings. The third kappa shape index (κ3) is 4.89. The van der Waals surface area contributed by atoms with Crippen molar-refractivity contribution in [1.82, 2.24) is 0 Å². The number of hydrogen-bond donors (Lipinski definition) is 0. The van der Waals surface area contributed by atoms with Crippen molar-refractivity contribution >= 4 is 11.6 Å². The topological polar surface area (TPSA) is 52.6 Å². The van der Waals surface area contributed by atoms with Crippen LogP contribution in [-0.2, 0) is 19.1 Å². The van der Waals surface area contributed by atoms with Crippen LogP contribution in [-0.4, -0.2) is 30.1 Å². The zero-order valence-electron chi connectivity index (χ0n) is 14.3. The van der Waals surface area contributed by atoms with Crippen LogP contribution in [0.3, 0.4) is 0 Å². The molecule has 0 aromatic carbocycles. The Labute approximate surface area is 128 Å². The largest absolute Gasteiger partial charge is 0.350 e. The number of ketones is 2. The Balaban J connectivity index is 2.60. The molecule has 21 heavy (non-hydrogen) atoms. The molecule has 2 atom stereocenters. The highest BCUT2D eigenvalue weighted by Gasteiger charge is 2.42. The Kier molecular flexibility index (Phi) is 6.11. The molecule has 1 heterocycles. The smallest absolute Gasteiger partial charge is 0.163 e. The zero-order valence-corrected chi connectivity index (χ0v) is 14.3. The first-order valence-corrected chi connectivity index (χ1v) is 7.98. The van der Waals surface area contributed by atoms with Gasteiger partial charge in [-0.25, -0.2) is 0 Å². The maximum Gasteiger partial charge on any atom is 0.163 e. The molecular formula is C17H30O4. The van der Waals surface area contributed by atoms with Crippen LogP contribution in [0.5, 0.6) is 0 Å². The summed E-state index contributed by atoms with van der Waals surface area (Å²) in [4.78, 5) is 24.2. The normalized spacial score (nSPS) is 23.6. The Morgan fingerprint density at radius 3 is 2.48 bits per heavy atom. The van der Waals surface area contributed by atoms with Crippen molar-refractivity contribution in [2.45, 2.75) is 79.1 Å². The second kappa shape index (κ2) is 7.01. The molecule has 0 bridgehead atoms. The zero-order chi connectivity index (χ0) is 16.3. The highest BCUT2D eigenvalue weighted by atomic mass is 16.7. The second-order valence-electron chi connectivity index (χ2n) is 7.05. The van der Waals surface area contributed by atoms with Crippen LogP contribution in [0.15, 0.2) is 0 Å². The fourth-order valence-corrected chi connectivity index (χ4v) is 2.71. The molecule has 1 unspecified atom stereocenters. The van der Waals surface area contributed by atoms with Crippen LogP contribution in [0.2, 0.25) is 0 Å². The van der Waals surface area contributed by atoms with Crippen LogP contribution in [0.25, 0.3) is 0 Å². The van der Waals surface area contributed by atoms with Gasteiger partial charge >= 0.3 is 0 Å². The van der Waals surface area contributed by atoms with E-state index in [0.717, 1.165) is 6.42 Å². The average molecular weight is 298 g/mol. The highest BCUT2D eigenvalue weighted by molar-refractivity contribution is 5.86. The molecule has 122 valence electrons. The molecule has 0 aliphatic carbocycles. The summed E-state index contributed by atoms with van der Waals surface area (Å²) in [5, 5.41) is 0. The first-order chi connectivity index (χ1) is 9.60. The lowest BCUT2D eigenvalue weighted by Crippen LogP contribution is -2.49. The molecule has 0 amide bonds. The van der Waals surface area contributed by atoms with Gasteiger partial charge in [-0.1, -0.05) is 27.7 Å². The van der Waals surface area contributed by atoms with Gasteiger partial charge in [0.15, 0.2) is 5.79 Å². The van der Waals surface area contributed by atoms with Gasteiger partial charge in [-0.15, -0.1) is 0 Å². The van der Waals surface area contributed by atoms with E-state index in [1.165, 1.54) is 0 Å². The molecule has 0 aromatic heterocycles. The van der Waals surface area contributed by atoms with Gasteiger partial charge in [0.1, 0.15) is 11.6 Å². The van der Waals surface area contributed by atoms with E-state index in [-0.39, 0.29) is 23.6 Å². The van der Waals surface area contributed by atoms with Crippen molar-refractivity contribution in [1.29, 1.82) is 0 Å². The molecular weight excluding hydrogens is 268 g/mol. The Morgan fingerprint density at radius 2 is 1.95 bits per heavy atom. The predicted octanol–water partition coefficient (Wildman–Crippen LogP) is 3.52. The minimum Gasteiger partial charge on any atom is -0.350 e. The number of Topliss-reactive ketones (excluding diaryl/α,β-unsaturated/α-hetero) is 2. The Bertz CT molecular complexity index is 384. The number of hydrogen-bond acceptors (Lipinski definition) is 4. The van der Waals surface area contributed by atoms with Crippen molar-refractivity contribution in [3.8, 4) is 0 Å². The van der Waals surface area contributed by atoms with Crippen molar-refractivity contribution in [2.24, 2.45) is 11.3 Å². The maximum absolute atomic E-state index is 12.6. The number of carbonyl (C=O) groups is 2. The van der Waals surface area contributed by atoms with E-state index in [0.29, 0.717) is 25.9 Å². The van der Waals surface area contributed by atoms with Crippen molar-refractivity contribution < 1.29 is 19.1 Å². The van der Waals surface area contributed by atoms with Gasteiger partial charge in [0.25, 0.3) is 0 Å². The summed E-state index contributed by atoms with van der Waals surface area (Å²) >= 11 is 0. The van der Waals surface area contributed by atoms with E-state index >= 15 is 0 Å². The van der Waals surface area contributed by atoms with Gasteiger partial charge < -0.3 is 9.47 Å². The van der Waals surface area contributed by atoms with Gasteiger partial charge in [0.05, 0.1) is 12.7 Å². The van der Waals surface area contributed by atoms with Gasteiger partial charge in [0.2, 0.25) is 0 Å². The summed E-state index contributed by atoms with van der Waals surface area (Å²) in [6.07, 6.45) is 2.19. The quantitative estimate of drug-likeness (QED) is 0.721. The van der Waals surface area contributed by atoms with Crippen molar-refractivity contribution in [3.63, 3.8) is 0 Å². The average Bonchev–Trinajstić information content (AvgIpc) is 2.42. The van der Waals surface area contributed by atoms with Crippen LogP contribution in [0.4, 0.5) is 0 Å². The molecule has 1 aliphatic rings. The summed E-state index contributed by atoms with van der Waals surface area (Å²) in [5.41, 5.74) is -0.546. The van der Waals surface area contributed by atoms with Gasteiger partial charge in [-0.2, -0.15) is 0 Å². The van der Waals surface area contributed by atoms with E-state index in [4.69, 9.17) is 9.47 Å². The van der Waals surface area contributed by atoms with E-state index < -0.39 is 11.2 Å². The first kappa shape index (κ1) is 18.3. The first-order valence-electron chi connectivity index (χ1n) is 7.98. The van der Waals surface area contributed by atoms with Gasteiger partial charge in [-0.3, -0.25) is 9.59 Å². The lowest BCUT2D eigenvalue weighted by Gasteiger charge is -2.42. The predicted molar refractivity (Wildman–Crippen MR) is 82.0 cm³/mol. The molecule has 0 saturated carbocycles. The summed E-state index contributed by atoms with van der Waals surface area (Å²) in [6, 6.07) is 0. The molecule has 4 nitrogen and oxygen atoms in total. The van der Waals surface area contributed by atoms with Crippen LogP contribution in [0.1, 0.15) is 67.2 Å². The molecule has 1 aliphatic heterocycles. The molecule has 1 saturated heterocycles. The number of carbonyl (C=O) groups excluding carboxylic acids is 2. The highest BCUT2D eigenvalue weighted by Crippen LogP contribution is 2.35. The fourth-order valence-electron chi connectivity index (χ4n) is 2.71. The maximum atomic E-state index is 12.6. The third-order valence-electron chi connectivity index (χ3n) is 4.48. The van der Waals surface area contributed by atoms with Crippen LogP contribution < -0.4 is 0 Å². The monoisotopic (exact) mass is 298 g/mol. The van der Waals surface area contributed by atoms with E-state index in [1.54, 1.807) is 0 Å². The van der Waals surface area contributed by atoms with E-state index in [9.17, 15) is 9.59 Å². The molecule has 0 radical (unpaired) electrons. The summed E-state index contributed by atoms with van der Waals surface area (Å²) in [5.74, 6) is -0.279. The van der Waals surface area contributed by atoms with E-state index in [2.05, 4.69) is 0 Å².